The van der Waals surface area contributed by atoms with Gasteiger partial charge in [0.05, 0.1) is 0 Å². The number of carbonyl (C=O) groups is 3. The minimum atomic E-state index is -3.43. The van der Waals surface area contributed by atoms with Gasteiger partial charge >= 0.3 is 311 Å². The molecule has 284 valence electrons. The van der Waals surface area contributed by atoms with Gasteiger partial charge in [-0.3, -0.25) is 0 Å². The normalized spacial score (nSPS) is 14.6. The van der Waals surface area contributed by atoms with E-state index in [9.17, 15) is 14.4 Å². The molecule has 0 aliphatic carbocycles. The summed E-state index contributed by atoms with van der Waals surface area (Å²) in [6, 6.07) is 0. The fraction of sp³-hybridized carbons (Fsp3) is 0.921. The van der Waals surface area contributed by atoms with Crippen molar-refractivity contribution in [3.63, 3.8) is 0 Å². The molecule has 0 fully saturated rings. The molecule has 0 aromatic heterocycles. The van der Waals surface area contributed by atoms with Crippen molar-refractivity contribution < 1.29 is 28.6 Å². The van der Waals surface area contributed by atoms with E-state index < -0.39 is 14.2 Å². The number of carbonyl (C=O) groups excluding carboxylic acids is 3. The molecule has 0 aromatic rings. The molecule has 0 spiro atoms. The van der Waals surface area contributed by atoms with Gasteiger partial charge in [0.15, 0.2) is 0 Å². The van der Waals surface area contributed by atoms with Crippen LogP contribution in [0.15, 0.2) is 0 Å². The Hall–Kier alpha value is 0.259. The van der Waals surface area contributed by atoms with E-state index in [1.807, 2.05) is 0 Å². The van der Waals surface area contributed by atoms with Crippen molar-refractivity contribution in [2.45, 2.75) is 168 Å². The van der Waals surface area contributed by atoms with E-state index in [2.05, 4.69) is 48.5 Å². The standard InChI is InChI=1S/3C10H20O2S.C8H17.Sn/c3*1-3-5-6-9(4-2)7-12-10(11)8-13;1-3-5-7-8-6-4-2;/h3*9,13H,3-8H2,1-2H3;1,3-8H2,2H3;/q;;;;+3/p-3. The average molecular weight is 842 g/mol. The first-order valence-electron chi connectivity index (χ1n) is 19.6. The van der Waals surface area contributed by atoms with Crippen molar-refractivity contribution in [3.05, 3.63) is 0 Å². The van der Waals surface area contributed by atoms with Crippen molar-refractivity contribution >= 4 is 59.0 Å². The third kappa shape index (κ3) is 26.1. The zero-order chi connectivity index (χ0) is 35.9. The van der Waals surface area contributed by atoms with E-state index in [1.54, 1.807) is 26.8 Å². The van der Waals surface area contributed by atoms with Crippen LogP contribution >= 0.6 is 26.8 Å². The molecule has 3 atom stereocenters. The van der Waals surface area contributed by atoms with Gasteiger partial charge in [-0.15, -0.1) is 0 Å². The minimum absolute atomic E-state index is 0.172. The molecule has 6 nitrogen and oxygen atoms in total. The number of ether oxygens (including phenoxy) is 3. The Morgan fingerprint density at radius 3 is 1.08 bits per heavy atom. The van der Waals surface area contributed by atoms with E-state index in [1.165, 1.54) is 25.7 Å². The molecule has 0 aliphatic heterocycles. The summed E-state index contributed by atoms with van der Waals surface area (Å²) in [5.41, 5.74) is 0. The van der Waals surface area contributed by atoms with Crippen molar-refractivity contribution in [1.82, 2.24) is 0 Å². The molecule has 0 heterocycles. The molecular formula is C38H74O6S3Sn. The monoisotopic (exact) mass is 842 g/mol. The second kappa shape index (κ2) is 33.1. The van der Waals surface area contributed by atoms with Crippen molar-refractivity contribution in [3.8, 4) is 0 Å². The van der Waals surface area contributed by atoms with Crippen LogP contribution in [0, 0.1) is 17.8 Å². The third-order valence-corrected chi connectivity index (χ3v) is 47.7. The van der Waals surface area contributed by atoms with Gasteiger partial charge in [-0.05, 0) is 0 Å². The second-order valence-corrected chi connectivity index (χ2v) is 47.1. The predicted molar refractivity (Wildman–Crippen MR) is 214 cm³/mol. The van der Waals surface area contributed by atoms with Crippen LogP contribution in [-0.4, -0.2) is 69.2 Å². The quantitative estimate of drug-likeness (QED) is 0.0272. The van der Waals surface area contributed by atoms with Crippen LogP contribution in [0.5, 0.6) is 0 Å². The Morgan fingerprint density at radius 2 is 0.771 bits per heavy atom. The summed E-state index contributed by atoms with van der Waals surface area (Å²) in [5.74, 6) is 1.53. The topological polar surface area (TPSA) is 78.9 Å². The Bertz CT molecular complexity index is 714. The maximum atomic E-state index is 13.1. The van der Waals surface area contributed by atoms with E-state index >= 15 is 0 Å². The Morgan fingerprint density at radius 1 is 0.458 bits per heavy atom. The Kier molecular flexibility index (Phi) is 33.3. The zero-order valence-electron chi connectivity index (χ0n) is 32.1. The van der Waals surface area contributed by atoms with Gasteiger partial charge in [-0.2, -0.15) is 0 Å². The molecule has 0 rings (SSSR count). The SMILES string of the molecule is CCCCCCC[CH2][Sn]([S]CC(=O)OCC(CC)CCCC)([S]CC(=O)OCC(CC)CCCC)[S]CC(=O)OCC(CC)CCCC. The Labute approximate surface area is 308 Å². The van der Waals surface area contributed by atoms with Crippen LogP contribution in [0.4, 0.5) is 0 Å². The van der Waals surface area contributed by atoms with Crippen molar-refractivity contribution in [2.24, 2.45) is 17.8 Å². The zero-order valence-corrected chi connectivity index (χ0v) is 37.4. The van der Waals surface area contributed by atoms with Gasteiger partial charge in [-0.25, -0.2) is 0 Å². The number of unbranched alkanes of at least 4 members (excludes halogenated alkanes) is 8. The molecule has 3 unspecified atom stereocenters. The molecule has 0 saturated carbocycles. The van der Waals surface area contributed by atoms with Gasteiger partial charge in [0.2, 0.25) is 0 Å². The van der Waals surface area contributed by atoms with Crippen LogP contribution < -0.4 is 0 Å². The van der Waals surface area contributed by atoms with Crippen molar-refractivity contribution in [2.75, 3.05) is 37.1 Å². The number of rotatable bonds is 34. The first kappa shape index (κ1) is 48.3. The summed E-state index contributed by atoms with van der Waals surface area (Å²) in [7, 11) is 5.20. The third-order valence-electron chi connectivity index (χ3n) is 9.14. The van der Waals surface area contributed by atoms with Gasteiger partial charge in [0, 0.05) is 0 Å². The molecule has 0 N–H and O–H groups in total. The molecule has 0 amide bonds. The molecule has 0 radical (unpaired) electrons. The number of hydrogen-bond acceptors (Lipinski definition) is 9. The van der Waals surface area contributed by atoms with Crippen LogP contribution in [0.25, 0.3) is 0 Å². The predicted octanol–water partition coefficient (Wildman–Crippen LogP) is 11.8. The van der Waals surface area contributed by atoms with Crippen LogP contribution in [-0.2, 0) is 28.6 Å². The molecule has 0 bridgehead atoms. The maximum absolute atomic E-state index is 13.1. The van der Waals surface area contributed by atoms with Gasteiger partial charge in [0.1, 0.15) is 0 Å². The molecule has 48 heavy (non-hydrogen) atoms. The second-order valence-electron chi connectivity index (χ2n) is 13.4. The molecular weight excluding hydrogens is 767 g/mol. The Balaban J connectivity index is 5.72. The molecule has 0 aliphatic rings. The summed E-state index contributed by atoms with van der Waals surface area (Å²) >= 11 is -3.43. The van der Waals surface area contributed by atoms with Crippen LogP contribution in [0.3, 0.4) is 0 Å². The fourth-order valence-electron chi connectivity index (χ4n) is 5.42. The molecule has 10 heteroatoms. The van der Waals surface area contributed by atoms with E-state index in [0.29, 0.717) is 37.6 Å². The summed E-state index contributed by atoms with van der Waals surface area (Å²) in [6.45, 7) is 16.7. The number of hydrogen-bond donors (Lipinski definition) is 0. The van der Waals surface area contributed by atoms with E-state index in [-0.39, 0.29) is 35.2 Å². The average Bonchev–Trinajstić information content (AvgIpc) is 3.10. The van der Waals surface area contributed by atoms with Crippen LogP contribution in [0.2, 0.25) is 4.44 Å². The summed E-state index contributed by atoms with van der Waals surface area (Å²) in [5, 5.41) is 0. The first-order valence-corrected chi connectivity index (χ1v) is 35.1. The van der Waals surface area contributed by atoms with E-state index in [0.717, 1.165) is 94.3 Å². The van der Waals surface area contributed by atoms with E-state index in [4.69, 9.17) is 14.2 Å². The van der Waals surface area contributed by atoms with Gasteiger partial charge in [0.25, 0.3) is 0 Å². The fourth-order valence-corrected chi connectivity index (χ4v) is 38.9. The van der Waals surface area contributed by atoms with Crippen molar-refractivity contribution in [1.29, 1.82) is 0 Å². The first-order chi connectivity index (χ1) is 23.2. The van der Waals surface area contributed by atoms with Gasteiger partial charge < -0.3 is 0 Å². The molecule has 0 aromatic carbocycles. The van der Waals surface area contributed by atoms with Gasteiger partial charge in [-0.1, -0.05) is 0 Å². The summed E-state index contributed by atoms with van der Waals surface area (Å²) in [6.07, 6.45) is 20.2. The molecule has 0 saturated heterocycles. The van der Waals surface area contributed by atoms with Crippen LogP contribution in [0.1, 0.15) is 164 Å². The summed E-state index contributed by atoms with van der Waals surface area (Å²) < 4.78 is 18.4. The number of esters is 3. The summed E-state index contributed by atoms with van der Waals surface area (Å²) in [4.78, 5) is 39.3.